The monoisotopic (exact) mass is 479 g/mol. The Kier molecular flexibility index (Phi) is 4.98. The number of carbonyl (C=O) groups excluding carboxylic acids is 1. The zero-order chi connectivity index (χ0) is 23.3. The van der Waals surface area contributed by atoms with Crippen LogP contribution in [0.25, 0.3) is 0 Å². The SMILES string of the molecule is O=C1Nc2ccccc2C2(CCN(c3nc4c(c(Nc5cccc(F)c5)n3)S(=O)CC4)CC2)O1. The van der Waals surface area contributed by atoms with Crippen LogP contribution < -0.4 is 15.5 Å². The van der Waals surface area contributed by atoms with E-state index in [1.807, 2.05) is 24.3 Å². The Bertz CT molecular complexity index is 1330. The van der Waals surface area contributed by atoms with Crippen molar-refractivity contribution in [3.8, 4) is 0 Å². The molecule has 1 atom stereocenters. The molecule has 174 valence electrons. The third kappa shape index (κ3) is 3.58. The van der Waals surface area contributed by atoms with Gasteiger partial charge in [0.2, 0.25) is 5.95 Å². The Morgan fingerprint density at radius 1 is 1.12 bits per heavy atom. The second-order valence-electron chi connectivity index (χ2n) is 8.62. The number of para-hydroxylation sites is 1. The molecule has 1 unspecified atom stereocenters. The lowest BCUT2D eigenvalue weighted by atomic mass is 9.82. The number of anilines is 4. The number of aryl methyl sites for hydroxylation is 1. The molecule has 0 aliphatic carbocycles. The van der Waals surface area contributed by atoms with Gasteiger partial charge in [-0.05, 0) is 24.3 Å². The summed E-state index contributed by atoms with van der Waals surface area (Å²) in [5.74, 6) is 1.10. The number of carbonyl (C=O) groups is 1. The first-order valence-corrected chi connectivity index (χ1v) is 12.5. The van der Waals surface area contributed by atoms with E-state index >= 15 is 0 Å². The van der Waals surface area contributed by atoms with E-state index in [1.54, 1.807) is 12.1 Å². The topological polar surface area (TPSA) is 96.5 Å². The number of aromatic nitrogens is 2. The van der Waals surface area contributed by atoms with Gasteiger partial charge in [0.05, 0.1) is 22.2 Å². The first-order chi connectivity index (χ1) is 16.5. The minimum absolute atomic E-state index is 0.366. The second-order valence-corrected chi connectivity index (χ2v) is 10.1. The van der Waals surface area contributed by atoms with Gasteiger partial charge in [0.15, 0.2) is 5.82 Å². The molecular weight excluding hydrogens is 457 g/mol. The summed E-state index contributed by atoms with van der Waals surface area (Å²) in [5.41, 5.74) is 2.36. The van der Waals surface area contributed by atoms with E-state index in [0.29, 0.717) is 60.5 Å². The lowest BCUT2D eigenvalue weighted by Gasteiger charge is -2.44. The number of halogens is 1. The van der Waals surface area contributed by atoms with E-state index in [0.717, 1.165) is 16.9 Å². The molecule has 1 spiro atoms. The van der Waals surface area contributed by atoms with Crippen molar-refractivity contribution >= 4 is 40.0 Å². The number of rotatable bonds is 3. The molecule has 1 fully saturated rings. The van der Waals surface area contributed by atoms with Gasteiger partial charge in [-0.15, -0.1) is 0 Å². The molecule has 0 radical (unpaired) electrons. The number of hydrogen-bond acceptors (Lipinski definition) is 7. The van der Waals surface area contributed by atoms with Crippen LogP contribution in [0.4, 0.5) is 32.3 Å². The van der Waals surface area contributed by atoms with Crippen molar-refractivity contribution in [3.05, 3.63) is 65.6 Å². The molecule has 10 heteroatoms. The fourth-order valence-corrected chi connectivity index (χ4v) is 6.22. The number of piperidine rings is 1. The lowest BCUT2D eigenvalue weighted by molar-refractivity contribution is -0.00820. The Morgan fingerprint density at radius 3 is 2.76 bits per heavy atom. The highest BCUT2D eigenvalue weighted by molar-refractivity contribution is 7.85. The Morgan fingerprint density at radius 2 is 1.94 bits per heavy atom. The molecule has 1 aromatic heterocycles. The highest BCUT2D eigenvalue weighted by Crippen LogP contribution is 2.44. The molecule has 1 amide bonds. The van der Waals surface area contributed by atoms with Gasteiger partial charge in [0.1, 0.15) is 16.3 Å². The maximum Gasteiger partial charge on any atom is 0.412 e. The van der Waals surface area contributed by atoms with Crippen molar-refractivity contribution < 1.29 is 18.1 Å². The molecule has 2 aromatic carbocycles. The first-order valence-electron chi connectivity index (χ1n) is 11.2. The molecular formula is C24H22FN5O3S. The number of nitrogens with zero attached hydrogens (tertiary/aromatic N) is 3. The molecule has 3 aliphatic heterocycles. The van der Waals surface area contributed by atoms with Crippen LogP contribution in [-0.4, -0.2) is 39.1 Å². The zero-order valence-corrected chi connectivity index (χ0v) is 19.0. The predicted octanol–water partition coefficient (Wildman–Crippen LogP) is 4.08. The minimum Gasteiger partial charge on any atom is -0.438 e. The zero-order valence-electron chi connectivity index (χ0n) is 18.2. The van der Waals surface area contributed by atoms with Crippen LogP contribution in [0.1, 0.15) is 24.1 Å². The van der Waals surface area contributed by atoms with Crippen LogP contribution in [0.3, 0.4) is 0 Å². The number of fused-ring (bicyclic) bond motifs is 3. The summed E-state index contributed by atoms with van der Waals surface area (Å²) in [6.07, 6.45) is 1.35. The smallest absolute Gasteiger partial charge is 0.412 e. The molecule has 6 rings (SSSR count). The van der Waals surface area contributed by atoms with Gasteiger partial charge in [0.25, 0.3) is 0 Å². The Hall–Kier alpha value is -3.53. The number of benzene rings is 2. The van der Waals surface area contributed by atoms with E-state index in [4.69, 9.17) is 14.7 Å². The fraction of sp³-hybridized carbons (Fsp3) is 0.292. The summed E-state index contributed by atoms with van der Waals surface area (Å²) in [4.78, 5) is 24.3. The second kappa shape index (κ2) is 8.05. The third-order valence-electron chi connectivity index (χ3n) is 6.56. The van der Waals surface area contributed by atoms with Gasteiger partial charge in [-0.1, -0.05) is 24.3 Å². The van der Waals surface area contributed by atoms with Gasteiger partial charge in [-0.25, -0.2) is 14.2 Å². The van der Waals surface area contributed by atoms with Gasteiger partial charge in [-0.2, -0.15) is 4.98 Å². The maximum absolute atomic E-state index is 13.7. The van der Waals surface area contributed by atoms with Crippen LogP contribution in [0.15, 0.2) is 53.4 Å². The summed E-state index contributed by atoms with van der Waals surface area (Å²) < 4.78 is 32.2. The number of nitrogens with one attached hydrogen (secondary N) is 2. The fourth-order valence-electron chi connectivity index (χ4n) is 4.91. The average molecular weight is 480 g/mol. The Balaban J connectivity index is 1.30. The van der Waals surface area contributed by atoms with Crippen molar-refractivity contribution in [3.63, 3.8) is 0 Å². The first kappa shape index (κ1) is 21.0. The van der Waals surface area contributed by atoms with Crippen LogP contribution in [-0.2, 0) is 27.6 Å². The van der Waals surface area contributed by atoms with E-state index in [-0.39, 0.29) is 5.82 Å². The molecule has 3 aliphatic rings. The summed E-state index contributed by atoms with van der Waals surface area (Å²) in [7, 11) is -1.20. The number of ether oxygens (including phenoxy) is 1. The third-order valence-corrected chi connectivity index (χ3v) is 8.02. The molecule has 8 nitrogen and oxygen atoms in total. The maximum atomic E-state index is 13.7. The molecule has 4 heterocycles. The normalized spacial score (nSPS) is 20.3. The van der Waals surface area contributed by atoms with Crippen molar-refractivity contribution in [2.75, 3.05) is 34.4 Å². The molecule has 0 saturated carbocycles. The Labute approximate surface area is 198 Å². The van der Waals surface area contributed by atoms with Crippen molar-refractivity contribution in [2.24, 2.45) is 0 Å². The van der Waals surface area contributed by atoms with Crippen molar-refractivity contribution in [1.29, 1.82) is 0 Å². The molecule has 34 heavy (non-hydrogen) atoms. The quantitative estimate of drug-likeness (QED) is 0.584. The molecule has 2 N–H and O–H groups in total. The minimum atomic E-state index is -1.20. The van der Waals surface area contributed by atoms with E-state index in [1.165, 1.54) is 12.1 Å². The van der Waals surface area contributed by atoms with Gasteiger partial charge < -0.3 is 15.0 Å². The highest BCUT2D eigenvalue weighted by Gasteiger charge is 2.45. The summed E-state index contributed by atoms with van der Waals surface area (Å²) in [5, 5.41) is 5.92. The molecule has 1 saturated heterocycles. The summed E-state index contributed by atoms with van der Waals surface area (Å²) >= 11 is 0. The van der Waals surface area contributed by atoms with E-state index < -0.39 is 22.5 Å². The summed E-state index contributed by atoms with van der Waals surface area (Å²) in [6, 6.07) is 13.8. The standard InChI is InChI=1S/C24H22FN5O3S/c25-15-4-3-5-16(14-15)26-21-20-19(8-13-34(20)32)27-22(29-21)30-11-9-24(10-12-30)17-6-1-2-7-18(17)28-23(31)33-24/h1-7,14H,8-13H2,(H,28,31)(H,26,27,29). The van der Waals surface area contributed by atoms with Crippen LogP contribution >= 0.6 is 0 Å². The average Bonchev–Trinajstić information content (AvgIpc) is 3.20. The predicted molar refractivity (Wildman–Crippen MR) is 126 cm³/mol. The van der Waals surface area contributed by atoms with E-state index in [2.05, 4.69) is 15.5 Å². The lowest BCUT2D eigenvalue weighted by Crippen LogP contribution is -2.48. The van der Waals surface area contributed by atoms with Gasteiger partial charge in [0, 0.05) is 49.4 Å². The molecule has 0 bridgehead atoms. The van der Waals surface area contributed by atoms with Gasteiger partial charge in [-0.3, -0.25) is 9.53 Å². The number of hydrogen-bond donors (Lipinski definition) is 2. The van der Waals surface area contributed by atoms with E-state index in [9.17, 15) is 13.4 Å². The number of amides is 1. The van der Waals surface area contributed by atoms with Crippen molar-refractivity contribution in [2.45, 2.75) is 29.8 Å². The van der Waals surface area contributed by atoms with Gasteiger partial charge >= 0.3 is 6.09 Å². The largest absolute Gasteiger partial charge is 0.438 e. The summed E-state index contributed by atoms with van der Waals surface area (Å²) in [6.45, 7) is 1.17. The van der Waals surface area contributed by atoms with Crippen LogP contribution in [0, 0.1) is 5.82 Å². The molecule has 3 aromatic rings. The van der Waals surface area contributed by atoms with Crippen LogP contribution in [0.5, 0.6) is 0 Å². The highest BCUT2D eigenvalue weighted by atomic mass is 32.2. The van der Waals surface area contributed by atoms with Crippen molar-refractivity contribution in [1.82, 2.24) is 9.97 Å². The van der Waals surface area contributed by atoms with Crippen LogP contribution in [0.2, 0.25) is 0 Å².